The number of alkyl halides is 3. The maximum Gasteiger partial charge on any atom is 0.416 e. The zero-order valence-electron chi connectivity index (χ0n) is 16.6. The van der Waals surface area contributed by atoms with Crippen LogP contribution in [0.2, 0.25) is 0 Å². The van der Waals surface area contributed by atoms with E-state index in [9.17, 15) is 23.2 Å². The standard InChI is InChI=1S/C22H17F3N4OS/c1-13-18(12-26)21(28-14(2)27-13)31-19(15-7-4-3-5-8-15)20(30)29-17-10-6-9-16(11-17)22(23,24)25/h3-11,19H,1-2H3,(H,29,30). The molecule has 1 heterocycles. The number of benzene rings is 2. The number of anilines is 1. The number of hydrogen-bond acceptors (Lipinski definition) is 5. The number of carbonyl (C=O) groups excluding carboxylic acids is 1. The summed E-state index contributed by atoms with van der Waals surface area (Å²) in [4.78, 5) is 21.6. The number of aromatic nitrogens is 2. The van der Waals surface area contributed by atoms with Gasteiger partial charge in [0.25, 0.3) is 0 Å². The first-order valence-electron chi connectivity index (χ1n) is 9.14. The Morgan fingerprint density at radius 2 is 1.81 bits per heavy atom. The van der Waals surface area contributed by atoms with Gasteiger partial charge >= 0.3 is 6.18 Å². The second kappa shape index (κ2) is 9.18. The summed E-state index contributed by atoms with van der Waals surface area (Å²) in [6, 6.07) is 15.2. The first kappa shape index (κ1) is 22.3. The highest BCUT2D eigenvalue weighted by molar-refractivity contribution is 8.00. The SMILES string of the molecule is Cc1nc(C)c(C#N)c(SC(C(=O)Nc2cccc(C(F)(F)F)c2)c2ccccc2)n1. The molecule has 0 saturated carbocycles. The molecular formula is C22H17F3N4OS. The minimum absolute atomic E-state index is 0.0249. The van der Waals surface area contributed by atoms with Crippen LogP contribution >= 0.6 is 11.8 Å². The van der Waals surface area contributed by atoms with Crippen molar-refractivity contribution in [3.05, 3.63) is 82.8 Å². The number of nitriles is 1. The van der Waals surface area contributed by atoms with E-state index < -0.39 is 22.9 Å². The van der Waals surface area contributed by atoms with Crippen molar-refractivity contribution in [1.82, 2.24) is 9.97 Å². The van der Waals surface area contributed by atoms with Crippen LogP contribution < -0.4 is 5.32 Å². The molecule has 0 aliphatic carbocycles. The number of thioether (sulfide) groups is 1. The van der Waals surface area contributed by atoms with E-state index in [0.717, 1.165) is 23.9 Å². The Hall–Kier alpha value is -3.38. The van der Waals surface area contributed by atoms with Crippen molar-refractivity contribution >= 4 is 23.4 Å². The van der Waals surface area contributed by atoms with E-state index >= 15 is 0 Å². The Balaban J connectivity index is 1.96. The van der Waals surface area contributed by atoms with Crippen LogP contribution in [0.4, 0.5) is 18.9 Å². The molecule has 0 aliphatic heterocycles. The predicted molar refractivity (Wildman–Crippen MR) is 111 cm³/mol. The van der Waals surface area contributed by atoms with E-state index in [-0.39, 0.29) is 11.3 Å². The number of amides is 1. The van der Waals surface area contributed by atoms with Crippen molar-refractivity contribution in [3.63, 3.8) is 0 Å². The van der Waals surface area contributed by atoms with Crippen LogP contribution in [-0.4, -0.2) is 15.9 Å². The number of halogens is 3. The van der Waals surface area contributed by atoms with Gasteiger partial charge in [0, 0.05) is 5.69 Å². The third kappa shape index (κ3) is 5.41. The van der Waals surface area contributed by atoms with Crippen molar-refractivity contribution in [1.29, 1.82) is 5.26 Å². The molecule has 0 bridgehead atoms. The lowest BCUT2D eigenvalue weighted by atomic mass is 10.1. The largest absolute Gasteiger partial charge is 0.416 e. The molecule has 2 aromatic carbocycles. The van der Waals surface area contributed by atoms with Crippen LogP contribution in [0.25, 0.3) is 0 Å². The molecule has 1 unspecified atom stereocenters. The Morgan fingerprint density at radius 3 is 2.45 bits per heavy atom. The van der Waals surface area contributed by atoms with Gasteiger partial charge in [0.2, 0.25) is 5.91 Å². The molecule has 1 N–H and O–H groups in total. The van der Waals surface area contributed by atoms with Crippen molar-refractivity contribution < 1.29 is 18.0 Å². The van der Waals surface area contributed by atoms with Gasteiger partial charge in [-0.05, 0) is 37.6 Å². The summed E-state index contributed by atoms with van der Waals surface area (Å²) in [5.74, 6) is -0.0857. The normalized spacial score (nSPS) is 12.1. The van der Waals surface area contributed by atoms with E-state index in [2.05, 4.69) is 21.4 Å². The van der Waals surface area contributed by atoms with Crippen LogP contribution in [0.1, 0.15) is 33.5 Å². The quantitative estimate of drug-likeness (QED) is 0.420. The van der Waals surface area contributed by atoms with E-state index in [1.165, 1.54) is 12.1 Å². The molecular weight excluding hydrogens is 425 g/mol. The second-order valence-electron chi connectivity index (χ2n) is 6.62. The van der Waals surface area contributed by atoms with Gasteiger partial charge in [0.15, 0.2) is 0 Å². The van der Waals surface area contributed by atoms with Crippen molar-refractivity contribution in [2.75, 3.05) is 5.32 Å². The molecule has 1 atom stereocenters. The molecule has 0 saturated heterocycles. The van der Waals surface area contributed by atoms with Crippen molar-refractivity contribution in [3.8, 4) is 6.07 Å². The number of nitrogens with zero attached hydrogens (tertiary/aromatic N) is 3. The third-order valence-electron chi connectivity index (χ3n) is 4.31. The summed E-state index contributed by atoms with van der Waals surface area (Å²) in [7, 11) is 0. The van der Waals surface area contributed by atoms with Gasteiger partial charge < -0.3 is 5.32 Å². The van der Waals surface area contributed by atoms with E-state index in [0.29, 0.717) is 22.1 Å². The zero-order chi connectivity index (χ0) is 22.6. The van der Waals surface area contributed by atoms with Gasteiger partial charge in [0.1, 0.15) is 27.7 Å². The molecule has 3 aromatic rings. The number of hydrogen-bond donors (Lipinski definition) is 1. The molecule has 158 valence electrons. The maximum atomic E-state index is 13.1. The molecule has 0 radical (unpaired) electrons. The number of rotatable bonds is 5. The highest BCUT2D eigenvalue weighted by atomic mass is 32.2. The topological polar surface area (TPSA) is 78.7 Å². The summed E-state index contributed by atoms with van der Waals surface area (Å²) in [5, 5.41) is 11.5. The third-order valence-corrected chi connectivity index (χ3v) is 5.55. The van der Waals surface area contributed by atoms with Gasteiger partial charge in [-0.25, -0.2) is 9.97 Å². The Labute approximate surface area is 181 Å². The van der Waals surface area contributed by atoms with Gasteiger partial charge in [-0.2, -0.15) is 18.4 Å². The fraction of sp³-hybridized carbons (Fsp3) is 0.182. The van der Waals surface area contributed by atoms with E-state index in [1.54, 1.807) is 44.2 Å². The van der Waals surface area contributed by atoms with Crippen LogP contribution in [0.5, 0.6) is 0 Å². The molecule has 0 spiro atoms. The van der Waals surface area contributed by atoms with Crippen LogP contribution in [-0.2, 0) is 11.0 Å². The van der Waals surface area contributed by atoms with Crippen LogP contribution in [0.15, 0.2) is 59.6 Å². The first-order chi connectivity index (χ1) is 14.7. The van der Waals surface area contributed by atoms with E-state index in [1.807, 2.05) is 0 Å². The highest BCUT2D eigenvalue weighted by Crippen LogP contribution is 2.38. The van der Waals surface area contributed by atoms with E-state index in [4.69, 9.17) is 0 Å². The molecule has 9 heteroatoms. The van der Waals surface area contributed by atoms with Crippen molar-refractivity contribution in [2.45, 2.75) is 30.3 Å². The smallest absolute Gasteiger partial charge is 0.325 e. The Kier molecular flexibility index (Phi) is 6.61. The molecule has 0 aliphatic rings. The molecule has 1 aromatic heterocycles. The summed E-state index contributed by atoms with van der Waals surface area (Å²) >= 11 is 1.05. The Morgan fingerprint density at radius 1 is 1.10 bits per heavy atom. The average molecular weight is 442 g/mol. The fourth-order valence-corrected chi connectivity index (χ4v) is 4.07. The molecule has 3 rings (SSSR count). The maximum absolute atomic E-state index is 13.1. The second-order valence-corrected chi connectivity index (χ2v) is 7.72. The van der Waals surface area contributed by atoms with Gasteiger partial charge in [-0.3, -0.25) is 4.79 Å². The number of aryl methyl sites for hydroxylation is 2. The fourth-order valence-electron chi connectivity index (χ4n) is 2.89. The summed E-state index contributed by atoms with van der Waals surface area (Å²) in [6.45, 7) is 3.36. The molecule has 1 amide bonds. The predicted octanol–water partition coefficient (Wildman–Crippen LogP) is 5.46. The number of nitrogens with one attached hydrogen (secondary N) is 1. The lowest BCUT2D eigenvalue weighted by molar-refractivity contribution is -0.137. The highest BCUT2D eigenvalue weighted by Gasteiger charge is 2.31. The molecule has 5 nitrogen and oxygen atoms in total. The lowest BCUT2D eigenvalue weighted by Gasteiger charge is -2.18. The van der Waals surface area contributed by atoms with Crippen LogP contribution in [0, 0.1) is 25.2 Å². The van der Waals surface area contributed by atoms with Gasteiger partial charge in [0.05, 0.1) is 11.3 Å². The first-order valence-corrected chi connectivity index (χ1v) is 10.0. The minimum Gasteiger partial charge on any atom is -0.325 e. The summed E-state index contributed by atoms with van der Waals surface area (Å²) in [6.07, 6.45) is -4.52. The van der Waals surface area contributed by atoms with Crippen molar-refractivity contribution in [2.24, 2.45) is 0 Å². The Bertz CT molecular complexity index is 1140. The minimum atomic E-state index is -4.52. The summed E-state index contributed by atoms with van der Waals surface area (Å²) in [5.41, 5.74) is 0.528. The summed E-state index contributed by atoms with van der Waals surface area (Å²) < 4.78 is 39.0. The molecule has 31 heavy (non-hydrogen) atoms. The zero-order valence-corrected chi connectivity index (χ0v) is 17.4. The number of carbonyl (C=O) groups is 1. The lowest BCUT2D eigenvalue weighted by Crippen LogP contribution is -2.20. The monoisotopic (exact) mass is 442 g/mol. The van der Waals surface area contributed by atoms with Gasteiger partial charge in [-0.15, -0.1) is 0 Å². The van der Waals surface area contributed by atoms with Gasteiger partial charge in [-0.1, -0.05) is 48.2 Å². The molecule has 0 fully saturated rings. The van der Waals surface area contributed by atoms with Crippen LogP contribution in [0.3, 0.4) is 0 Å². The average Bonchev–Trinajstić information content (AvgIpc) is 2.72.